The first-order valence-corrected chi connectivity index (χ1v) is 7.32. The molecule has 2 unspecified atom stereocenters. The molecule has 2 rings (SSSR count). The van der Waals surface area contributed by atoms with Gasteiger partial charge in [0.25, 0.3) is 0 Å². The topological polar surface area (TPSA) is 42.1 Å². The lowest BCUT2D eigenvalue weighted by Gasteiger charge is -2.23. The fourth-order valence-electron chi connectivity index (χ4n) is 1.53. The van der Waals surface area contributed by atoms with E-state index in [1.807, 2.05) is 12.3 Å². The van der Waals surface area contributed by atoms with Crippen molar-refractivity contribution in [2.45, 2.75) is 25.9 Å². The number of thiazole rings is 1. The third-order valence-corrected chi connectivity index (χ3v) is 4.81. The average Bonchev–Trinajstić information content (AvgIpc) is 2.97. The van der Waals surface area contributed by atoms with E-state index in [2.05, 4.69) is 41.4 Å². The van der Waals surface area contributed by atoms with Crippen LogP contribution in [0.2, 0.25) is 0 Å². The molecule has 2 heterocycles. The molecule has 0 aromatic carbocycles. The largest absolute Gasteiger partial charge is 0.344 e. The molecule has 2 aromatic heterocycles. The van der Waals surface area contributed by atoms with Gasteiger partial charge in [0.15, 0.2) is 5.13 Å². The highest BCUT2D eigenvalue weighted by atomic mass is 32.1. The summed E-state index contributed by atoms with van der Waals surface area (Å²) in [7, 11) is 2.08. The zero-order valence-electron chi connectivity index (χ0n) is 10.3. The van der Waals surface area contributed by atoms with Crippen molar-refractivity contribution in [1.82, 2.24) is 4.98 Å². The molecule has 0 fully saturated rings. The van der Waals surface area contributed by atoms with Crippen molar-refractivity contribution in [2.75, 3.05) is 11.9 Å². The normalized spacial score (nSPS) is 14.6. The van der Waals surface area contributed by atoms with Crippen LogP contribution in [0.3, 0.4) is 0 Å². The number of rotatable bonds is 4. The van der Waals surface area contributed by atoms with Crippen LogP contribution in [0.25, 0.3) is 0 Å². The van der Waals surface area contributed by atoms with Gasteiger partial charge in [-0.15, -0.1) is 22.7 Å². The minimum absolute atomic E-state index is 0.00504. The molecule has 0 amide bonds. The van der Waals surface area contributed by atoms with Crippen LogP contribution < -0.4 is 10.6 Å². The Kier molecular flexibility index (Phi) is 3.81. The molecule has 17 heavy (non-hydrogen) atoms. The number of hydrogen-bond acceptors (Lipinski definition) is 5. The number of hydrogen-bond donors (Lipinski definition) is 1. The maximum atomic E-state index is 5.83. The summed E-state index contributed by atoms with van der Waals surface area (Å²) in [4.78, 5) is 8.11. The second-order valence-corrected chi connectivity index (χ2v) is 5.96. The molecule has 0 saturated heterocycles. The highest BCUT2D eigenvalue weighted by Crippen LogP contribution is 2.30. The van der Waals surface area contributed by atoms with E-state index in [0.29, 0.717) is 6.04 Å². The highest BCUT2D eigenvalue weighted by Gasteiger charge is 2.16. The van der Waals surface area contributed by atoms with Crippen LogP contribution in [-0.2, 0) is 0 Å². The maximum Gasteiger partial charge on any atom is 0.185 e. The van der Waals surface area contributed by atoms with Gasteiger partial charge in [0.1, 0.15) is 0 Å². The van der Waals surface area contributed by atoms with Crippen LogP contribution in [0.5, 0.6) is 0 Å². The van der Waals surface area contributed by atoms with Crippen LogP contribution in [0.4, 0.5) is 5.13 Å². The molecule has 0 radical (unpaired) electrons. The highest BCUT2D eigenvalue weighted by molar-refractivity contribution is 7.13. The van der Waals surface area contributed by atoms with E-state index in [-0.39, 0.29) is 6.04 Å². The van der Waals surface area contributed by atoms with Crippen molar-refractivity contribution in [3.8, 4) is 0 Å². The quantitative estimate of drug-likeness (QED) is 0.923. The van der Waals surface area contributed by atoms with Gasteiger partial charge in [-0.2, -0.15) is 0 Å². The van der Waals surface area contributed by atoms with Gasteiger partial charge in [-0.05, 0) is 25.3 Å². The average molecular weight is 267 g/mol. The van der Waals surface area contributed by atoms with Crippen LogP contribution in [-0.4, -0.2) is 12.0 Å². The van der Waals surface area contributed by atoms with Gasteiger partial charge in [0, 0.05) is 23.3 Å². The predicted molar refractivity (Wildman–Crippen MR) is 75.9 cm³/mol. The van der Waals surface area contributed by atoms with Gasteiger partial charge in [0.2, 0.25) is 0 Å². The van der Waals surface area contributed by atoms with E-state index in [1.165, 1.54) is 4.88 Å². The molecule has 0 bridgehead atoms. The number of thiophene rings is 1. The second kappa shape index (κ2) is 5.16. The Balaban J connectivity index is 2.16. The number of aromatic nitrogens is 1. The monoisotopic (exact) mass is 267 g/mol. The zero-order valence-corrected chi connectivity index (χ0v) is 11.9. The standard InChI is InChI=1S/C12H17N3S2/c1-8(13)10-7-17-12(14-10)15(3)9(2)11-5-4-6-16-11/h4-9H,13H2,1-3H3. The van der Waals surface area contributed by atoms with Gasteiger partial charge >= 0.3 is 0 Å². The summed E-state index contributed by atoms with van der Waals surface area (Å²) in [5.74, 6) is 0. The molecular formula is C12H17N3S2. The molecule has 0 aliphatic carbocycles. The molecule has 2 aromatic rings. The molecule has 0 saturated carbocycles. The first kappa shape index (κ1) is 12.5. The first-order valence-electron chi connectivity index (χ1n) is 5.57. The Morgan fingerprint density at radius 2 is 2.12 bits per heavy atom. The van der Waals surface area contributed by atoms with E-state index in [1.54, 1.807) is 22.7 Å². The summed E-state index contributed by atoms with van der Waals surface area (Å²) in [5, 5.41) is 5.17. The zero-order chi connectivity index (χ0) is 12.4. The van der Waals surface area contributed by atoms with Gasteiger partial charge < -0.3 is 10.6 Å². The van der Waals surface area contributed by atoms with Crippen LogP contribution >= 0.6 is 22.7 Å². The molecule has 0 spiro atoms. The third kappa shape index (κ3) is 2.68. The van der Waals surface area contributed by atoms with Gasteiger partial charge in [-0.3, -0.25) is 0 Å². The SMILES string of the molecule is CC(N)c1csc(N(C)C(C)c2cccs2)n1. The van der Waals surface area contributed by atoms with Gasteiger partial charge in [-0.25, -0.2) is 4.98 Å². The first-order chi connectivity index (χ1) is 8.09. The van der Waals surface area contributed by atoms with E-state index < -0.39 is 0 Å². The Morgan fingerprint density at radius 3 is 2.65 bits per heavy atom. The van der Waals surface area contributed by atoms with Crippen molar-refractivity contribution >= 4 is 27.8 Å². The minimum Gasteiger partial charge on any atom is -0.344 e. The van der Waals surface area contributed by atoms with Gasteiger partial charge in [0.05, 0.1) is 11.7 Å². The van der Waals surface area contributed by atoms with Crippen molar-refractivity contribution in [2.24, 2.45) is 5.73 Å². The Morgan fingerprint density at radius 1 is 1.35 bits per heavy atom. The smallest absolute Gasteiger partial charge is 0.185 e. The third-order valence-electron chi connectivity index (χ3n) is 2.81. The number of nitrogens with two attached hydrogens (primary N) is 1. The molecule has 2 atom stereocenters. The summed E-state index contributed by atoms with van der Waals surface area (Å²) < 4.78 is 0. The van der Waals surface area contributed by atoms with Crippen LogP contribution in [0.15, 0.2) is 22.9 Å². The molecule has 3 nitrogen and oxygen atoms in total. The Bertz CT molecular complexity index is 462. The van der Waals surface area contributed by atoms with E-state index in [9.17, 15) is 0 Å². The summed E-state index contributed by atoms with van der Waals surface area (Å²) in [6.07, 6.45) is 0. The predicted octanol–water partition coefficient (Wildman–Crippen LogP) is 3.42. The van der Waals surface area contributed by atoms with E-state index >= 15 is 0 Å². The van der Waals surface area contributed by atoms with Crippen molar-refractivity contribution < 1.29 is 0 Å². The van der Waals surface area contributed by atoms with Crippen molar-refractivity contribution in [3.63, 3.8) is 0 Å². The maximum absolute atomic E-state index is 5.83. The van der Waals surface area contributed by atoms with Crippen molar-refractivity contribution in [3.05, 3.63) is 33.5 Å². The molecule has 2 N–H and O–H groups in total. The van der Waals surface area contributed by atoms with Gasteiger partial charge in [-0.1, -0.05) is 6.07 Å². The molecule has 5 heteroatoms. The van der Waals surface area contributed by atoms with E-state index in [0.717, 1.165) is 10.8 Å². The Hall–Kier alpha value is -0.910. The fourth-order valence-corrected chi connectivity index (χ4v) is 3.34. The van der Waals surface area contributed by atoms with Crippen molar-refractivity contribution in [1.29, 1.82) is 0 Å². The van der Waals surface area contributed by atoms with Crippen LogP contribution in [0.1, 0.15) is 36.5 Å². The number of anilines is 1. The number of nitrogens with zero attached hydrogens (tertiary/aromatic N) is 2. The molecule has 92 valence electrons. The lowest BCUT2D eigenvalue weighted by Crippen LogP contribution is -2.20. The summed E-state index contributed by atoms with van der Waals surface area (Å²) >= 11 is 3.43. The minimum atomic E-state index is 0.00504. The summed E-state index contributed by atoms with van der Waals surface area (Å²) in [5.41, 5.74) is 6.79. The lowest BCUT2D eigenvalue weighted by atomic mass is 10.2. The molecule has 0 aliphatic rings. The lowest BCUT2D eigenvalue weighted by molar-refractivity contribution is 0.738. The fraction of sp³-hybridized carbons (Fsp3) is 0.417. The van der Waals surface area contributed by atoms with Crippen LogP contribution in [0, 0.1) is 0 Å². The van der Waals surface area contributed by atoms with E-state index in [4.69, 9.17) is 5.73 Å². The molecular weight excluding hydrogens is 250 g/mol. The Labute approximate surface area is 110 Å². The summed E-state index contributed by atoms with van der Waals surface area (Å²) in [6, 6.07) is 4.60. The second-order valence-electron chi connectivity index (χ2n) is 4.15. The summed E-state index contributed by atoms with van der Waals surface area (Å²) in [6.45, 7) is 4.15. The molecule has 0 aliphatic heterocycles.